The molecule has 0 fully saturated rings. The highest BCUT2D eigenvalue weighted by Crippen LogP contribution is 2.41. The van der Waals surface area contributed by atoms with Crippen molar-refractivity contribution in [3.8, 4) is 11.1 Å². The normalized spacial score (nSPS) is 11.1. The van der Waals surface area contributed by atoms with Gasteiger partial charge in [-0.2, -0.15) is 0 Å². The van der Waals surface area contributed by atoms with Crippen LogP contribution in [0.15, 0.2) is 24.3 Å². The standard InChI is InChI=1S/C24H26O4/c1-7-27-23(25)20-12-19-18(16(6)22(20)24(26)28-8-2)11-17-14(4)9-13(3)10-15(5)21(17)19/h9-12H,7-8H2,1-6H3. The van der Waals surface area contributed by atoms with E-state index < -0.39 is 11.9 Å². The molecule has 4 heteroatoms. The largest absolute Gasteiger partial charge is 0.462 e. The fourth-order valence-corrected chi connectivity index (χ4v) is 4.03. The fourth-order valence-electron chi connectivity index (χ4n) is 4.03. The van der Waals surface area contributed by atoms with Gasteiger partial charge >= 0.3 is 11.9 Å². The molecule has 0 aromatic heterocycles. The zero-order chi connectivity index (χ0) is 20.6. The Morgan fingerprint density at radius 3 is 2.04 bits per heavy atom. The van der Waals surface area contributed by atoms with Crippen LogP contribution >= 0.6 is 0 Å². The zero-order valence-electron chi connectivity index (χ0n) is 17.4. The van der Waals surface area contributed by atoms with Crippen LogP contribution in [0.5, 0.6) is 0 Å². The summed E-state index contributed by atoms with van der Waals surface area (Å²) in [5.74, 6) is -0.999. The van der Waals surface area contributed by atoms with E-state index >= 15 is 0 Å². The first kappa shape index (κ1) is 19.9. The Morgan fingerprint density at radius 1 is 0.786 bits per heavy atom. The average Bonchev–Trinajstić information content (AvgIpc) is 2.97. The van der Waals surface area contributed by atoms with Crippen molar-refractivity contribution in [2.24, 2.45) is 0 Å². The van der Waals surface area contributed by atoms with Gasteiger partial charge in [0.05, 0.1) is 24.3 Å². The predicted molar refractivity (Wildman–Crippen MR) is 111 cm³/mol. The van der Waals surface area contributed by atoms with E-state index in [1.807, 2.05) is 6.92 Å². The highest BCUT2D eigenvalue weighted by molar-refractivity contribution is 6.14. The minimum atomic E-state index is -0.504. The predicted octanol–water partition coefficient (Wildman–Crippen LogP) is 5.53. The number of hydrogen-bond acceptors (Lipinski definition) is 4. The summed E-state index contributed by atoms with van der Waals surface area (Å²) in [7, 11) is 0. The van der Waals surface area contributed by atoms with Gasteiger partial charge in [-0.15, -0.1) is 0 Å². The molecule has 4 nitrogen and oxygen atoms in total. The number of benzene rings is 1. The summed E-state index contributed by atoms with van der Waals surface area (Å²) in [4.78, 5) is 25.3. The third-order valence-corrected chi connectivity index (χ3v) is 5.14. The Hall–Kier alpha value is -2.88. The maximum Gasteiger partial charge on any atom is 0.339 e. The van der Waals surface area contributed by atoms with Crippen molar-refractivity contribution < 1.29 is 19.1 Å². The number of hydrogen-bond donors (Lipinski definition) is 0. The lowest BCUT2D eigenvalue weighted by atomic mass is 9.95. The van der Waals surface area contributed by atoms with Crippen LogP contribution in [0.2, 0.25) is 0 Å². The van der Waals surface area contributed by atoms with E-state index in [-0.39, 0.29) is 18.8 Å². The van der Waals surface area contributed by atoms with Crippen LogP contribution in [0.4, 0.5) is 0 Å². The third kappa shape index (κ3) is 3.24. The Morgan fingerprint density at radius 2 is 1.39 bits per heavy atom. The van der Waals surface area contributed by atoms with Crippen molar-refractivity contribution >= 4 is 22.7 Å². The van der Waals surface area contributed by atoms with Crippen LogP contribution in [0.1, 0.15) is 56.8 Å². The molecular weight excluding hydrogens is 352 g/mol. The first-order chi connectivity index (χ1) is 13.3. The van der Waals surface area contributed by atoms with E-state index in [4.69, 9.17) is 9.47 Å². The summed E-state index contributed by atoms with van der Waals surface area (Å²) in [6.07, 6.45) is 0. The molecule has 1 aromatic carbocycles. The van der Waals surface area contributed by atoms with Gasteiger partial charge in [0.25, 0.3) is 0 Å². The SMILES string of the molecule is CCOC(=O)c1cc2c3c(C)cc(C)cc(C)c-3cc2c(C)c1C(=O)OCC. The summed E-state index contributed by atoms with van der Waals surface area (Å²) in [6.45, 7) is 12.1. The number of carbonyl (C=O) groups is 2. The lowest BCUT2D eigenvalue weighted by molar-refractivity contribution is 0.0478. The molecule has 0 bridgehead atoms. The molecular formula is C24H26O4. The average molecular weight is 378 g/mol. The zero-order valence-corrected chi connectivity index (χ0v) is 17.4. The van der Waals surface area contributed by atoms with Gasteiger partial charge in [-0.3, -0.25) is 0 Å². The number of rotatable bonds is 4. The molecule has 0 amide bonds. The van der Waals surface area contributed by atoms with E-state index in [0.29, 0.717) is 5.56 Å². The van der Waals surface area contributed by atoms with Crippen LogP contribution < -0.4 is 0 Å². The molecule has 1 aromatic rings. The van der Waals surface area contributed by atoms with E-state index in [1.54, 1.807) is 19.9 Å². The number of aryl methyl sites for hydroxylation is 4. The second kappa shape index (κ2) is 7.63. The first-order valence-corrected chi connectivity index (χ1v) is 9.62. The van der Waals surface area contributed by atoms with Crippen molar-refractivity contribution in [3.05, 3.63) is 57.6 Å². The molecule has 0 saturated heterocycles. The van der Waals surface area contributed by atoms with Gasteiger partial charge in [-0.05, 0) is 92.3 Å². The summed E-state index contributed by atoms with van der Waals surface area (Å²) in [6, 6.07) is 8.20. The van der Waals surface area contributed by atoms with Crippen molar-refractivity contribution in [3.63, 3.8) is 0 Å². The Labute approximate surface area is 165 Å². The number of ether oxygens (including phenoxy) is 2. The Bertz CT molecular complexity index is 1060. The fraction of sp³-hybridized carbons (Fsp3) is 0.333. The van der Waals surface area contributed by atoms with Gasteiger partial charge in [-0.25, -0.2) is 9.59 Å². The molecule has 0 spiro atoms. The van der Waals surface area contributed by atoms with Gasteiger partial charge in [0.1, 0.15) is 0 Å². The first-order valence-electron chi connectivity index (χ1n) is 9.62. The van der Waals surface area contributed by atoms with Crippen LogP contribution in [0, 0.1) is 27.7 Å². The summed E-state index contributed by atoms with van der Waals surface area (Å²) < 4.78 is 10.5. The lowest BCUT2D eigenvalue weighted by Crippen LogP contribution is -2.16. The number of fused-ring (bicyclic) bond motifs is 3. The van der Waals surface area contributed by atoms with Gasteiger partial charge in [0.15, 0.2) is 0 Å². The van der Waals surface area contributed by atoms with Crippen LogP contribution in [0.3, 0.4) is 0 Å². The quantitative estimate of drug-likeness (QED) is 0.560. The van der Waals surface area contributed by atoms with Crippen LogP contribution in [0.25, 0.3) is 21.9 Å². The van der Waals surface area contributed by atoms with Gasteiger partial charge in [0, 0.05) is 0 Å². The third-order valence-electron chi connectivity index (χ3n) is 5.14. The summed E-state index contributed by atoms with van der Waals surface area (Å²) >= 11 is 0. The van der Waals surface area contributed by atoms with Crippen molar-refractivity contribution in [2.75, 3.05) is 13.2 Å². The van der Waals surface area contributed by atoms with Gasteiger partial charge < -0.3 is 9.47 Å². The molecule has 0 heterocycles. The van der Waals surface area contributed by atoms with Gasteiger partial charge in [-0.1, -0.05) is 17.7 Å². The van der Waals surface area contributed by atoms with Crippen molar-refractivity contribution in [1.29, 1.82) is 0 Å². The number of carbonyl (C=O) groups excluding carboxylic acids is 2. The topological polar surface area (TPSA) is 52.6 Å². The van der Waals surface area contributed by atoms with Crippen LogP contribution in [-0.4, -0.2) is 25.2 Å². The molecule has 146 valence electrons. The van der Waals surface area contributed by atoms with Crippen LogP contribution in [-0.2, 0) is 9.47 Å². The maximum atomic E-state index is 12.7. The number of esters is 2. The molecule has 2 aliphatic carbocycles. The van der Waals surface area contributed by atoms with E-state index in [9.17, 15) is 9.59 Å². The molecule has 0 N–H and O–H groups in total. The molecule has 0 aliphatic heterocycles. The Balaban J connectivity index is 2.45. The molecule has 28 heavy (non-hydrogen) atoms. The van der Waals surface area contributed by atoms with E-state index in [2.05, 4.69) is 39.0 Å². The highest BCUT2D eigenvalue weighted by Gasteiger charge is 2.26. The second-order valence-electron chi connectivity index (χ2n) is 7.16. The highest BCUT2D eigenvalue weighted by atomic mass is 16.5. The summed E-state index contributed by atoms with van der Waals surface area (Å²) in [5.41, 5.74) is 7.00. The van der Waals surface area contributed by atoms with E-state index in [1.165, 1.54) is 5.56 Å². The molecule has 0 radical (unpaired) electrons. The van der Waals surface area contributed by atoms with Crippen molar-refractivity contribution in [2.45, 2.75) is 41.5 Å². The monoisotopic (exact) mass is 378 g/mol. The lowest BCUT2D eigenvalue weighted by Gasteiger charge is -2.13. The second-order valence-corrected chi connectivity index (χ2v) is 7.16. The smallest absolute Gasteiger partial charge is 0.339 e. The maximum absolute atomic E-state index is 12.7. The van der Waals surface area contributed by atoms with Gasteiger partial charge in [0.2, 0.25) is 0 Å². The molecule has 2 aliphatic rings. The Kier molecular flexibility index (Phi) is 5.41. The molecule has 0 unspecified atom stereocenters. The molecule has 0 atom stereocenters. The minimum Gasteiger partial charge on any atom is -0.462 e. The minimum absolute atomic E-state index is 0.242. The molecule has 3 rings (SSSR count). The van der Waals surface area contributed by atoms with E-state index in [0.717, 1.165) is 38.6 Å². The molecule has 0 saturated carbocycles. The summed E-state index contributed by atoms with van der Waals surface area (Å²) in [5, 5.41) is 1.92. The van der Waals surface area contributed by atoms with Crippen molar-refractivity contribution in [1.82, 2.24) is 0 Å².